The van der Waals surface area contributed by atoms with Crippen LogP contribution in [-0.4, -0.2) is 27.3 Å². The number of aromatic nitrogens is 2. The van der Waals surface area contributed by atoms with Crippen molar-refractivity contribution in [3.8, 4) is 0 Å². The number of alkyl halides is 3. The number of nitrogens with zero attached hydrogens (tertiary/aromatic N) is 3. The Morgan fingerprint density at radius 1 is 1.16 bits per heavy atom. The van der Waals surface area contributed by atoms with Crippen LogP contribution in [0.3, 0.4) is 0 Å². The topological polar surface area (TPSA) is 50.2 Å². The third-order valence-electron chi connectivity index (χ3n) is 5.54. The number of aryl methyl sites for hydroxylation is 1. The Hall–Kier alpha value is -3.00. The van der Waals surface area contributed by atoms with Crippen LogP contribution in [0.1, 0.15) is 41.3 Å². The number of amides is 2. The highest BCUT2D eigenvalue weighted by atomic mass is 35.5. The van der Waals surface area contributed by atoms with E-state index >= 15 is 0 Å². The van der Waals surface area contributed by atoms with Crippen LogP contribution in [0.5, 0.6) is 0 Å². The van der Waals surface area contributed by atoms with Gasteiger partial charge in [0.1, 0.15) is 0 Å². The zero-order valence-electron chi connectivity index (χ0n) is 17.4. The van der Waals surface area contributed by atoms with Crippen LogP contribution in [0.4, 0.5) is 23.7 Å². The molecule has 168 valence electrons. The summed E-state index contributed by atoms with van der Waals surface area (Å²) in [6, 6.07) is 11.5. The van der Waals surface area contributed by atoms with Crippen molar-refractivity contribution in [2.45, 2.75) is 31.5 Å². The van der Waals surface area contributed by atoms with E-state index in [4.69, 9.17) is 11.6 Å². The summed E-state index contributed by atoms with van der Waals surface area (Å²) < 4.78 is 40.1. The maximum Gasteiger partial charge on any atom is 0.416 e. The van der Waals surface area contributed by atoms with Crippen molar-refractivity contribution in [1.29, 1.82) is 0 Å². The van der Waals surface area contributed by atoms with Crippen LogP contribution in [-0.2, 0) is 19.6 Å². The summed E-state index contributed by atoms with van der Waals surface area (Å²) in [6.45, 7) is 0.550. The maximum atomic E-state index is 12.9. The van der Waals surface area contributed by atoms with Crippen LogP contribution in [0.15, 0.2) is 54.7 Å². The van der Waals surface area contributed by atoms with E-state index in [0.29, 0.717) is 23.7 Å². The van der Waals surface area contributed by atoms with Crippen molar-refractivity contribution < 1.29 is 18.0 Å². The van der Waals surface area contributed by atoms with Gasteiger partial charge in [-0.3, -0.25) is 4.68 Å². The van der Waals surface area contributed by atoms with E-state index in [1.807, 2.05) is 37.5 Å². The Morgan fingerprint density at radius 3 is 2.50 bits per heavy atom. The average molecular weight is 463 g/mol. The molecule has 1 fully saturated rings. The fraction of sp³-hybridized carbons (Fsp3) is 0.304. The van der Waals surface area contributed by atoms with Crippen LogP contribution in [0.25, 0.3) is 0 Å². The Labute approximate surface area is 188 Å². The van der Waals surface area contributed by atoms with Crippen LogP contribution in [0, 0.1) is 0 Å². The number of anilines is 1. The summed E-state index contributed by atoms with van der Waals surface area (Å²) in [5, 5.41) is 8.01. The molecule has 0 unspecified atom stereocenters. The number of halogens is 4. The lowest BCUT2D eigenvalue weighted by Crippen LogP contribution is -2.35. The van der Waals surface area contributed by atoms with Crippen molar-refractivity contribution >= 4 is 23.3 Å². The number of carbonyl (C=O) groups is 1. The summed E-state index contributed by atoms with van der Waals surface area (Å²) in [6.07, 6.45) is -0.214. The Kier molecular flexibility index (Phi) is 6.15. The minimum absolute atomic E-state index is 0.201. The maximum absolute atomic E-state index is 12.9. The van der Waals surface area contributed by atoms with Gasteiger partial charge in [-0.1, -0.05) is 23.7 Å². The van der Waals surface area contributed by atoms with Gasteiger partial charge in [0.05, 0.1) is 17.3 Å². The highest BCUT2D eigenvalue weighted by Gasteiger charge is 2.34. The fourth-order valence-corrected chi connectivity index (χ4v) is 4.15. The van der Waals surface area contributed by atoms with Gasteiger partial charge in [0.25, 0.3) is 0 Å². The van der Waals surface area contributed by atoms with E-state index in [2.05, 4.69) is 10.4 Å². The van der Waals surface area contributed by atoms with E-state index in [0.717, 1.165) is 41.8 Å². The lowest BCUT2D eigenvalue weighted by atomic mass is 10.0. The molecule has 5 nitrogen and oxygen atoms in total. The first-order valence-electron chi connectivity index (χ1n) is 10.2. The molecule has 3 aromatic rings. The lowest BCUT2D eigenvalue weighted by Gasteiger charge is -2.25. The fourth-order valence-electron chi connectivity index (χ4n) is 4.03. The lowest BCUT2D eigenvalue weighted by molar-refractivity contribution is -0.137. The molecule has 32 heavy (non-hydrogen) atoms. The van der Waals surface area contributed by atoms with Gasteiger partial charge >= 0.3 is 12.2 Å². The van der Waals surface area contributed by atoms with Gasteiger partial charge in [0.15, 0.2) is 0 Å². The molecular weight excluding hydrogens is 441 g/mol. The van der Waals surface area contributed by atoms with E-state index in [9.17, 15) is 18.0 Å². The number of rotatable bonds is 4. The first-order chi connectivity index (χ1) is 15.2. The number of benzene rings is 2. The quantitative estimate of drug-likeness (QED) is 0.513. The number of carbonyl (C=O) groups excluding carboxylic acids is 1. The predicted octanol–water partition coefficient (Wildman–Crippen LogP) is 6.05. The van der Waals surface area contributed by atoms with Crippen molar-refractivity contribution in [1.82, 2.24) is 14.7 Å². The summed E-state index contributed by atoms with van der Waals surface area (Å²) in [4.78, 5) is 14.6. The van der Waals surface area contributed by atoms with Gasteiger partial charge in [-0.2, -0.15) is 18.3 Å². The molecule has 2 heterocycles. The summed E-state index contributed by atoms with van der Waals surface area (Å²) in [5.41, 5.74) is 2.50. The zero-order valence-corrected chi connectivity index (χ0v) is 18.1. The predicted molar refractivity (Wildman–Crippen MR) is 117 cm³/mol. The molecule has 1 N–H and O–H groups in total. The van der Waals surface area contributed by atoms with Crippen molar-refractivity contribution in [3.05, 3.63) is 82.1 Å². The average Bonchev–Trinajstić information content (AvgIpc) is 3.36. The molecule has 0 radical (unpaired) electrons. The van der Waals surface area contributed by atoms with Crippen molar-refractivity contribution in [3.63, 3.8) is 0 Å². The Balaban J connectivity index is 1.51. The molecular formula is C23H22ClF3N4O. The second-order valence-corrected chi connectivity index (χ2v) is 8.31. The van der Waals surface area contributed by atoms with Crippen LogP contribution in [0.2, 0.25) is 5.02 Å². The molecule has 0 saturated carbocycles. The highest BCUT2D eigenvalue weighted by Crippen LogP contribution is 2.35. The van der Waals surface area contributed by atoms with Gasteiger partial charge in [0, 0.05) is 36.9 Å². The van der Waals surface area contributed by atoms with Crippen molar-refractivity contribution in [2.24, 2.45) is 7.05 Å². The van der Waals surface area contributed by atoms with E-state index in [-0.39, 0.29) is 12.1 Å². The molecule has 9 heteroatoms. The summed E-state index contributed by atoms with van der Waals surface area (Å²) in [5.74, 6) is 0. The molecule has 1 saturated heterocycles. The summed E-state index contributed by atoms with van der Waals surface area (Å²) in [7, 11) is 1.84. The van der Waals surface area contributed by atoms with E-state index in [1.54, 1.807) is 9.58 Å². The third-order valence-corrected chi connectivity index (χ3v) is 5.79. The van der Waals surface area contributed by atoms with E-state index < -0.39 is 11.7 Å². The largest absolute Gasteiger partial charge is 0.416 e. The first-order valence-corrected chi connectivity index (χ1v) is 10.6. The molecule has 4 rings (SSSR count). The Bertz CT molecular complexity index is 1090. The number of urea groups is 1. The standard InChI is InChI=1S/C23H22ClF3N4O/c1-30-14-16(13-15-4-8-18(24)9-5-15)21(29-30)20-3-2-12-31(20)22(32)28-19-10-6-17(7-11-19)23(25,26)27/h4-11,14,20H,2-3,12-13H2,1H3,(H,28,32)/t20-/m1/s1. The van der Waals surface area contributed by atoms with Crippen LogP contribution >= 0.6 is 11.6 Å². The van der Waals surface area contributed by atoms with Gasteiger partial charge in [-0.05, 0) is 60.4 Å². The summed E-state index contributed by atoms with van der Waals surface area (Å²) >= 11 is 5.98. The molecule has 1 aliphatic heterocycles. The monoisotopic (exact) mass is 462 g/mol. The van der Waals surface area contributed by atoms with Crippen LogP contribution < -0.4 is 5.32 Å². The zero-order chi connectivity index (χ0) is 22.9. The normalized spacial score (nSPS) is 16.4. The molecule has 0 spiro atoms. The SMILES string of the molecule is Cn1cc(Cc2ccc(Cl)cc2)c([C@H]2CCCN2C(=O)Nc2ccc(C(F)(F)F)cc2)n1. The second kappa shape index (κ2) is 8.86. The van der Waals surface area contributed by atoms with Gasteiger partial charge in [-0.15, -0.1) is 0 Å². The minimum atomic E-state index is -4.41. The molecule has 0 aliphatic carbocycles. The highest BCUT2D eigenvalue weighted by molar-refractivity contribution is 6.30. The smallest absolute Gasteiger partial charge is 0.316 e. The number of nitrogens with one attached hydrogen (secondary N) is 1. The molecule has 1 aromatic heterocycles. The van der Waals surface area contributed by atoms with Gasteiger partial charge in [-0.25, -0.2) is 4.79 Å². The molecule has 2 amide bonds. The second-order valence-electron chi connectivity index (χ2n) is 7.87. The number of hydrogen-bond donors (Lipinski definition) is 1. The molecule has 1 atom stereocenters. The van der Waals surface area contributed by atoms with Gasteiger partial charge < -0.3 is 10.2 Å². The van der Waals surface area contributed by atoms with Crippen molar-refractivity contribution in [2.75, 3.05) is 11.9 Å². The molecule has 2 aromatic carbocycles. The molecule has 1 aliphatic rings. The number of hydrogen-bond acceptors (Lipinski definition) is 2. The third kappa shape index (κ3) is 4.91. The molecule has 0 bridgehead atoms. The first kappa shape index (κ1) is 22.2. The Morgan fingerprint density at radius 2 is 1.84 bits per heavy atom. The number of likely N-dealkylation sites (tertiary alicyclic amines) is 1. The van der Waals surface area contributed by atoms with E-state index in [1.165, 1.54) is 12.1 Å². The minimum Gasteiger partial charge on any atom is -0.316 e. The van der Waals surface area contributed by atoms with Gasteiger partial charge in [0.2, 0.25) is 0 Å².